The van der Waals surface area contributed by atoms with Gasteiger partial charge in [0.05, 0.1) is 17.9 Å². The van der Waals surface area contributed by atoms with Crippen LogP contribution in [0.2, 0.25) is 0 Å². The molecule has 3 N–H and O–H groups in total. The highest BCUT2D eigenvalue weighted by Gasteiger charge is 2.27. The molecule has 7 heteroatoms. The molecule has 7 nitrogen and oxygen atoms in total. The van der Waals surface area contributed by atoms with Gasteiger partial charge in [-0.15, -0.1) is 0 Å². The summed E-state index contributed by atoms with van der Waals surface area (Å²) in [6, 6.07) is 14.9. The summed E-state index contributed by atoms with van der Waals surface area (Å²) in [7, 11) is 0. The van der Waals surface area contributed by atoms with Crippen molar-refractivity contribution in [3.63, 3.8) is 0 Å². The Labute approximate surface area is 168 Å². The molecule has 29 heavy (non-hydrogen) atoms. The van der Waals surface area contributed by atoms with E-state index in [0.717, 1.165) is 16.8 Å². The topological polar surface area (TPSA) is 90.6 Å². The van der Waals surface area contributed by atoms with E-state index < -0.39 is 0 Å². The zero-order valence-corrected chi connectivity index (χ0v) is 16.3. The fourth-order valence-electron chi connectivity index (χ4n) is 3.20. The highest BCUT2D eigenvalue weighted by Crippen LogP contribution is 2.29. The Morgan fingerprint density at radius 3 is 2.62 bits per heavy atom. The lowest BCUT2D eigenvalue weighted by Crippen LogP contribution is -2.38. The van der Waals surface area contributed by atoms with Gasteiger partial charge in [0.2, 0.25) is 5.89 Å². The molecule has 0 unspecified atom stereocenters. The smallest absolute Gasteiger partial charge is 0.246 e. The van der Waals surface area contributed by atoms with Crippen molar-refractivity contribution in [3.8, 4) is 0 Å². The lowest BCUT2D eigenvalue weighted by Gasteiger charge is -2.30. The molecular formula is C22H22N4O3. The second kappa shape index (κ2) is 7.81. The molecule has 148 valence electrons. The molecule has 0 amide bonds. The van der Waals surface area contributed by atoms with E-state index >= 15 is 0 Å². The van der Waals surface area contributed by atoms with Crippen molar-refractivity contribution in [2.75, 3.05) is 11.9 Å². The van der Waals surface area contributed by atoms with Crippen molar-refractivity contribution in [1.82, 2.24) is 15.4 Å². The summed E-state index contributed by atoms with van der Waals surface area (Å²) >= 11 is 0. The van der Waals surface area contributed by atoms with Crippen LogP contribution < -0.4 is 10.7 Å². The number of allylic oxidation sites excluding steroid dienone is 1. The van der Waals surface area contributed by atoms with Gasteiger partial charge in [0.25, 0.3) is 0 Å². The first-order valence-electron chi connectivity index (χ1n) is 9.42. The van der Waals surface area contributed by atoms with Gasteiger partial charge in [0, 0.05) is 18.4 Å². The van der Waals surface area contributed by atoms with Gasteiger partial charge < -0.3 is 14.8 Å². The summed E-state index contributed by atoms with van der Waals surface area (Å²) in [6.45, 7) is 4.17. The zero-order valence-electron chi connectivity index (χ0n) is 16.3. The first kappa shape index (κ1) is 18.8. The third-order valence-electron chi connectivity index (χ3n) is 4.68. The molecule has 4 rings (SSSR count). The first-order chi connectivity index (χ1) is 14.1. The van der Waals surface area contributed by atoms with Crippen LogP contribution in [0.3, 0.4) is 0 Å². The van der Waals surface area contributed by atoms with Gasteiger partial charge in [-0.25, -0.2) is 4.98 Å². The van der Waals surface area contributed by atoms with Crippen LogP contribution in [-0.2, 0) is 11.4 Å². The van der Waals surface area contributed by atoms with E-state index in [1.165, 1.54) is 6.92 Å². The molecule has 0 aliphatic carbocycles. The number of hydrazine groups is 1. The Hall–Kier alpha value is -3.58. The zero-order chi connectivity index (χ0) is 20.4. The number of aliphatic hydroxyl groups excluding tert-OH is 1. The maximum Gasteiger partial charge on any atom is 0.246 e. The third-order valence-corrected chi connectivity index (χ3v) is 4.68. The molecular weight excluding hydrogens is 368 g/mol. The number of anilines is 1. The van der Waals surface area contributed by atoms with Gasteiger partial charge in [0.15, 0.2) is 11.4 Å². The molecule has 0 fully saturated rings. The van der Waals surface area contributed by atoms with Gasteiger partial charge in [-0.2, -0.15) is 0 Å². The monoisotopic (exact) mass is 390 g/mol. The van der Waals surface area contributed by atoms with Crippen molar-refractivity contribution >= 4 is 28.3 Å². The Morgan fingerprint density at radius 1 is 1.21 bits per heavy atom. The Kier molecular flexibility index (Phi) is 5.05. The fourth-order valence-corrected chi connectivity index (χ4v) is 3.20. The van der Waals surface area contributed by atoms with E-state index in [0.29, 0.717) is 35.0 Å². The minimum absolute atomic E-state index is 0.0169. The molecule has 0 saturated heterocycles. The molecule has 2 aromatic carbocycles. The highest BCUT2D eigenvalue weighted by atomic mass is 16.3. The van der Waals surface area contributed by atoms with E-state index in [1.54, 1.807) is 0 Å². The summed E-state index contributed by atoms with van der Waals surface area (Å²) < 4.78 is 5.92. The molecule has 0 atom stereocenters. The molecule has 0 bridgehead atoms. The van der Waals surface area contributed by atoms with Gasteiger partial charge in [-0.05, 0) is 43.7 Å². The Balaban J connectivity index is 1.78. The SMILES string of the molecule is CCN1C=C(Nc2ccc(CO)cc2)C(C(C)=O)=C(c2nc3ccccc3o2)N1. The number of hydrogen-bond acceptors (Lipinski definition) is 7. The summed E-state index contributed by atoms with van der Waals surface area (Å²) in [5.41, 5.74) is 7.88. The number of Topliss-reactive ketones (excluding diaryl/α,β-unsaturated/α-hetero) is 1. The first-order valence-corrected chi connectivity index (χ1v) is 9.42. The normalized spacial score (nSPS) is 14.0. The minimum atomic E-state index is -0.115. The van der Waals surface area contributed by atoms with E-state index in [2.05, 4.69) is 15.7 Å². The number of para-hydroxylation sites is 2. The third kappa shape index (κ3) is 3.72. The van der Waals surface area contributed by atoms with Crippen LogP contribution in [0.25, 0.3) is 16.8 Å². The minimum Gasteiger partial charge on any atom is -0.435 e. The molecule has 0 spiro atoms. The standard InChI is InChI=1S/C22H22N4O3/c1-3-26-12-18(23-16-10-8-15(13-27)9-11-16)20(14(2)28)21(25-26)22-24-17-6-4-5-7-19(17)29-22/h4-12,23,25,27H,3,13H2,1-2H3. The van der Waals surface area contributed by atoms with Crippen LogP contribution in [0, 0.1) is 0 Å². The van der Waals surface area contributed by atoms with Gasteiger partial charge >= 0.3 is 0 Å². The maximum atomic E-state index is 12.6. The van der Waals surface area contributed by atoms with Crippen molar-refractivity contribution in [2.45, 2.75) is 20.5 Å². The van der Waals surface area contributed by atoms with Gasteiger partial charge in [0.1, 0.15) is 11.2 Å². The molecule has 1 aromatic heterocycles. The molecule has 0 radical (unpaired) electrons. The number of aromatic nitrogens is 1. The van der Waals surface area contributed by atoms with Crippen LogP contribution in [0.4, 0.5) is 5.69 Å². The number of rotatable bonds is 6. The molecule has 2 heterocycles. The number of hydrogen-bond donors (Lipinski definition) is 3. The summed E-state index contributed by atoms with van der Waals surface area (Å²) in [5.74, 6) is 0.245. The Morgan fingerprint density at radius 2 is 1.97 bits per heavy atom. The lowest BCUT2D eigenvalue weighted by molar-refractivity contribution is -0.113. The van der Waals surface area contributed by atoms with Gasteiger partial charge in [-0.1, -0.05) is 24.3 Å². The van der Waals surface area contributed by atoms with Crippen LogP contribution >= 0.6 is 0 Å². The summed E-state index contributed by atoms with van der Waals surface area (Å²) in [6.07, 6.45) is 1.85. The second-order valence-corrected chi connectivity index (χ2v) is 6.71. The van der Waals surface area contributed by atoms with Crippen LogP contribution in [0.5, 0.6) is 0 Å². The van der Waals surface area contributed by atoms with E-state index in [-0.39, 0.29) is 12.4 Å². The average Bonchev–Trinajstić information content (AvgIpc) is 3.17. The molecule has 1 aliphatic rings. The largest absolute Gasteiger partial charge is 0.435 e. The average molecular weight is 390 g/mol. The number of aliphatic hydroxyl groups is 1. The molecule has 0 saturated carbocycles. The van der Waals surface area contributed by atoms with Crippen molar-refractivity contribution < 1.29 is 14.3 Å². The predicted molar refractivity (Wildman–Crippen MR) is 111 cm³/mol. The number of nitrogens with zero attached hydrogens (tertiary/aromatic N) is 2. The number of ketones is 1. The molecule has 1 aliphatic heterocycles. The van der Waals surface area contributed by atoms with Crippen LogP contribution in [-0.4, -0.2) is 27.4 Å². The number of fused-ring (bicyclic) bond motifs is 1. The Bertz CT molecular complexity index is 1080. The summed E-state index contributed by atoms with van der Waals surface area (Å²) in [5, 5.41) is 14.4. The second-order valence-electron chi connectivity index (χ2n) is 6.71. The van der Waals surface area contributed by atoms with Gasteiger partial charge in [-0.3, -0.25) is 15.2 Å². The van der Waals surface area contributed by atoms with Crippen molar-refractivity contribution in [2.24, 2.45) is 0 Å². The number of benzene rings is 2. The van der Waals surface area contributed by atoms with Crippen molar-refractivity contribution in [1.29, 1.82) is 0 Å². The number of carbonyl (C=O) groups excluding carboxylic acids is 1. The number of carbonyl (C=O) groups is 1. The maximum absolute atomic E-state index is 12.6. The van der Waals surface area contributed by atoms with E-state index in [9.17, 15) is 9.90 Å². The van der Waals surface area contributed by atoms with Crippen LogP contribution in [0.15, 0.2) is 70.4 Å². The predicted octanol–water partition coefficient (Wildman–Crippen LogP) is 3.41. The number of oxazole rings is 1. The van der Waals surface area contributed by atoms with Crippen molar-refractivity contribution in [3.05, 3.63) is 77.5 Å². The quantitative estimate of drug-likeness (QED) is 0.594. The van der Waals surface area contributed by atoms with E-state index in [4.69, 9.17) is 4.42 Å². The van der Waals surface area contributed by atoms with Crippen LogP contribution in [0.1, 0.15) is 25.3 Å². The summed E-state index contributed by atoms with van der Waals surface area (Å²) in [4.78, 5) is 17.1. The lowest BCUT2D eigenvalue weighted by atomic mass is 10.0. The molecule has 3 aromatic rings. The van der Waals surface area contributed by atoms with E-state index in [1.807, 2.05) is 66.7 Å². The fraction of sp³-hybridized carbons (Fsp3) is 0.182. The highest BCUT2D eigenvalue weighted by molar-refractivity contribution is 6.05. The number of nitrogens with one attached hydrogen (secondary N) is 2.